The first-order valence-corrected chi connectivity index (χ1v) is 9.36. The van der Waals surface area contributed by atoms with Gasteiger partial charge >= 0.3 is 0 Å². The van der Waals surface area contributed by atoms with Crippen LogP contribution in [0.15, 0.2) is 0 Å². The number of hydrogen-bond donors (Lipinski definition) is 0. The number of ether oxygens (including phenoxy) is 5. The third kappa shape index (κ3) is 13.9. The van der Waals surface area contributed by atoms with Gasteiger partial charge in [0.25, 0.3) is 0 Å². The molecular formula is C18H36O5. The summed E-state index contributed by atoms with van der Waals surface area (Å²) in [5.41, 5.74) is 0. The molecule has 138 valence electrons. The fourth-order valence-corrected chi connectivity index (χ4v) is 2.52. The Kier molecular flexibility index (Phi) is 15.1. The minimum Gasteiger partial charge on any atom is -0.377 e. The maximum Gasteiger partial charge on any atom is 0.0809 e. The summed E-state index contributed by atoms with van der Waals surface area (Å²) >= 11 is 0. The molecule has 0 aromatic carbocycles. The van der Waals surface area contributed by atoms with Gasteiger partial charge in [-0.2, -0.15) is 0 Å². The topological polar surface area (TPSA) is 46.2 Å². The molecule has 5 heteroatoms. The molecular weight excluding hydrogens is 296 g/mol. The summed E-state index contributed by atoms with van der Waals surface area (Å²) in [5.74, 6) is 0. The van der Waals surface area contributed by atoms with Crippen molar-refractivity contribution in [3.63, 3.8) is 0 Å². The maximum atomic E-state index is 5.91. The van der Waals surface area contributed by atoms with Crippen molar-refractivity contribution in [2.24, 2.45) is 0 Å². The molecule has 1 aliphatic heterocycles. The summed E-state index contributed by atoms with van der Waals surface area (Å²) < 4.78 is 27.9. The molecule has 1 unspecified atom stereocenters. The highest BCUT2D eigenvalue weighted by molar-refractivity contribution is 4.58. The van der Waals surface area contributed by atoms with E-state index in [-0.39, 0.29) is 6.10 Å². The van der Waals surface area contributed by atoms with Crippen LogP contribution in [0.25, 0.3) is 0 Å². The molecule has 23 heavy (non-hydrogen) atoms. The van der Waals surface area contributed by atoms with Crippen molar-refractivity contribution in [3.8, 4) is 0 Å². The van der Waals surface area contributed by atoms with E-state index in [1.807, 2.05) is 0 Å². The Balaban J connectivity index is 2.15. The van der Waals surface area contributed by atoms with E-state index in [1.54, 1.807) is 0 Å². The molecule has 0 aromatic heterocycles. The normalized spacial score (nSPS) is 23.1. The Hall–Kier alpha value is -0.200. The van der Waals surface area contributed by atoms with Gasteiger partial charge in [0, 0.05) is 0 Å². The van der Waals surface area contributed by atoms with Crippen LogP contribution >= 0.6 is 0 Å². The van der Waals surface area contributed by atoms with Crippen molar-refractivity contribution >= 4 is 0 Å². The van der Waals surface area contributed by atoms with Crippen LogP contribution in [-0.4, -0.2) is 65.6 Å². The van der Waals surface area contributed by atoms with Gasteiger partial charge in [-0.15, -0.1) is 0 Å². The Labute approximate surface area is 142 Å². The van der Waals surface area contributed by atoms with E-state index < -0.39 is 0 Å². The van der Waals surface area contributed by atoms with E-state index >= 15 is 0 Å². The zero-order valence-corrected chi connectivity index (χ0v) is 14.9. The number of unbranched alkanes of at least 4 members (excludes halogenated alkanes) is 5. The molecule has 1 heterocycles. The van der Waals surface area contributed by atoms with Crippen LogP contribution < -0.4 is 0 Å². The largest absolute Gasteiger partial charge is 0.377 e. The van der Waals surface area contributed by atoms with Crippen molar-refractivity contribution in [1.29, 1.82) is 0 Å². The van der Waals surface area contributed by atoms with Gasteiger partial charge in [0.2, 0.25) is 0 Å². The lowest BCUT2D eigenvalue weighted by molar-refractivity contribution is -0.0491. The highest BCUT2D eigenvalue weighted by atomic mass is 16.6. The monoisotopic (exact) mass is 332 g/mol. The van der Waals surface area contributed by atoms with E-state index in [9.17, 15) is 0 Å². The second-order valence-corrected chi connectivity index (χ2v) is 5.96. The Bertz CT molecular complexity index is 221. The zero-order valence-electron chi connectivity index (χ0n) is 14.9. The molecule has 1 fully saturated rings. The average Bonchev–Trinajstić information content (AvgIpc) is 2.57. The van der Waals surface area contributed by atoms with Gasteiger partial charge in [-0.25, -0.2) is 0 Å². The highest BCUT2D eigenvalue weighted by Gasteiger charge is 2.10. The van der Waals surface area contributed by atoms with Crippen LogP contribution in [0, 0.1) is 0 Å². The first-order valence-electron chi connectivity index (χ1n) is 9.36. The van der Waals surface area contributed by atoms with Crippen LogP contribution in [0.5, 0.6) is 0 Å². The molecule has 0 N–H and O–H groups in total. The zero-order chi connectivity index (χ0) is 16.4. The van der Waals surface area contributed by atoms with Gasteiger partial charge < -0.3 is 23.7 Å². The standard InChI is InChI=1S/C18H36O5/c1-2-3-4-5-6-7-8-18-17-22-14-13-20-10-9-19-11-12-21-15-16-23-18/h18H,2-17H2,1H3. The third-order valence-electron chi connectivity index (χ3n) is 3.88. The predicted molar refractivity (Wildman–Crippen MR) is 91.0 cm³/mol. The summed E-state index contributed by atoms with van der Waals surface area (Å²) in [6.07, 6.45) is 9.07. The molecule has 0 bridgehead atoms. The van der Waals surface area contributed by atoms with Crippen molar-refractivity contribution in [2.45, 2.75) is 58.0 Å². The van der Waals surface area contributed by atoms with E-state index in [0.717, 1.165) is 6.42 Å². The second kappa shape index (κ2) is 16.7. The summed E-state index contributed by atoms with van der Waals surface area (Å²) in [4.78, 5) is 0. The molecule has 0 spiro atoms. The van der Waals surface area contributed by atoms with Crippen molar-refractivity contribution in [1.82, 2.24) is 0 Å². The lowest BCUT2D eigenvalue weighted by Crippen LogP contribution is -2.23. The Morgan fingerprint density at radius 2 is 1.13 bits per heavy atom. The van der Waals surface area contributed by atoms with Crippen LogP contribution in [-0.2, 0) is 23.7 Å². The van der Waals surface area contributed by atoms with Gasteiger partial charge in [0.15, 0.2) is 0 Å². The van der Waals surface area contributed by atoms with Crippen molar-refractivity contribution in [2.75, 3.05) is 59.5 Å². The van der Waals surface area contributed by atoms with Gasteiger partial charge in [-0.3, -0.25) is 0 Å². The van der Waals surface area contributed by atoms with Crippen LogP contribution in [0.3, 0.4) is 0 Å². The quantitative estimate of drug-likeness (QED) is 0.670. The fraction of sp³-hybridized carbons (Fsp3) is 1.00. The molecule has 0 radical (unpaired) electrons. The summed E-state index contributed by atoms with van der Waals surface area (Å²) in [6.45, 7) is 7.82. The number of hydrogen-bond acceptors (Lipinski definition) is 5. The van der Waals surface area contributed by atoms with E-state index in [2.05, 4.69) is 6.92 Å². The van der Waals surface area contributed by atoms with Gasteiger partial charge in [-0.1, -0.05) is 45.4 Å². The second-order valence-electron chi connectivity index (χ2n) is 5.96. The van der Waals surface area contributed by atoms with Gasteiger partial charge in [0.1, 0.15) is 0 Å². The maximum absolute atomic E-state index is 5.91. The fourth-order valence-electron chi connectivity index (χ4n) is 2.52. The summed E-state index contributed by atoms with van der Waals surface area (Å²) in [6, 6.07) is 0. The van der Waals surface area contributed by atoms with Gasteiger partial charge in [-0.05, 0) is 6.42 Å². The van der Waals surface area contributed by atoms with Crippen LogP contribution in [0.1, 0.15) is 51.9 Å². The Morgan fingerprint density at radius 3 is 1.78 bits per heavy atom. The SMILES string of the molecule is CCCCCCCCC1COCCOCCOCCOCCO1. The molecule has 1 atom stereocenters. The predicted octanol–water partition coefficient (Wildman–Crippen LogP) is 3.20. The molecule has 0 aliphatic carbocycles. The van der Waals surface area contributed by atoms with Crippen LogP contribution in [0.4, 0.5) is 0 Å². The lowest BCUT2D eigenvalue weighted by atomic mass is 10.1. The molecule has 1 rings (SSSR count). The van der Waals surface area contributed by atoms with Crippen LogP contribution in [0.2, 0.25) is 0 Å². The van der Waals surface area contributed by atoms with E-state index in [4.69, 9.17) is 23.7 Å². The molecule has 0 amide bonds. The summed E-state index contributed by atoms with van der Waals surface area (Å²) in [5, 5.41) is 0. The van der Waals surface area contributed by atoms with Crippen molar-refractivity contribution in [3.05, 3.63) is 0 Å². The molecule has 1 aliphatic rings. The first kappa shape index (κ1) is 20.8. The molecule has 1 saturated heterocycles. The number of rotatable bonds is 7. The highest BCUT2D eigenvalue weighted by Crippen LogP contribution is 2.11. The minimum atomic E-state index is 0.172. The Morgan fingerprint density at radius 1 is 0.609 bits per heavy atom. The summed E-state index contributed by atoms with van der Waals surface area (Å²) in [7, 11) is 0. The first-order chi connectivity index (χ1) is 11.4. The van der Waals surface area contributed by atoms with Gasteiger partial charge in [0.05, 0.1) is 65.6 Å². The lowest BCUT2D eigenvalue weighted by Gasteiger charge is -2.18. The molecule has 5 nitrogen and oxygen atoms in total. The smallest absolute Gasteiger partial charge is 0.0809 e. The minimum absolute atomic E-state index is 0.172. The van der Waals surface area contributed by atoms with E-state index in [0.29, 0.717) is 59.5 Å². The average molecular weight is 332 g/mol. The molecule has 0 aromatic rings. The molecule has 0 saturated carbocycles. The van der Waals surface area contributed by atoms with E-state index in [1.165, 1.54) is 38.5 Å². The van der Waals surface area contributed by atoms with Crippen molar-refractivity contribution < 1.29 is 23.7 Å². The third-order valence-corrected chi connectivity index (χ3v) is 3.88.